The smallest absolute Gasteiger partial charge is 0.238 e. The first-order valence-corrected chi connectivity index (χ1v) is 10.4. The van der Waals surface area contributed by atoms with Crippen molar-refractivity contribution < 1.29 is 13.2 Å². The number of carbonyl (C=O) groups excluding carboxylic acids is 1. The van der Waals surface area contributed by atoms with Crippen LogP contribution in [-0.2, 0) is 21.9 Å². The lowest BCUT2D eigenvalue weighted by Crippen LogP contribution is -2.49. The molecule has 0 aliphatic rings. The Hall–Kier alpha value is -2.09. The van der Waals surface area contributed by atoms with Gasteiger partial charge in [-0.2, -0.15) is 5.26 Å². The first kappa shape index (κ1) is 20.2. The van der Waals surface area contributed by atoms with E-state index in [4.69, 9.17) is 5.14 Å². The number of nitriles is 1. The molecule has 140 valence electrons. The van der Waals surface area contributed by atoms with Crippen LogP contribution in [0.5, 0.6) is 0 Å². The third kappa shape index (κ3) is 4.17. The van der Waals surface area contributed by atoms with Crippen LogP contribution >= 0.6 is 11.8 Å². The Balaban J connectivity index is 2.18. The van der Waals surface area contributed by atoms with Gasteiger partial charge >= 0.3 is 0 Å². The highest BCUT2D eigenvalue weighted by Crippen LogP contribution is 2.25. The van der Waals surface area contributed by atoms with Crippen LogP contribution in [0.25, 0.3) is 11.0 Å². The van der Waals surface area contributed by atoms with Gasteiger partial charge in [0.1, 0.15) is 5.54 Å². The predicted octanol–water partition coefficient (Wildman–Crippen LogP) is 1.37. The molecule has 3 N–H and O–H groups in total. The quantitative estimate of drug-likeness (QED) is 0.710. The Kier molecular flexibility index (Phi) is 5.65. The Morgan fingerprint density at radius 2 is 2.15 bits per heavy atom. The van der Waals surface area contributed by atoms with Crippen LogP contribution in [0.2, 0.25) is 0 Å². The summed E-state index contributed by atoms with van der Waals surface area (Å²) >= 11 is 1.21. The van der Waals surface area contributed by atoms with E-state index in [0.717, 1.165) is 5.52 Å². The summed E-state index contributed by atoms with van der Waals surface area (Å²) in [6.45, 7) is 5.42. The van der Waals surface area contributed by atoms with Gasteiger partial charge in [0.2, 0.25) is 15.9 Å². The molecule has 0 saturated carbocycles. The van der Waals surface area contributed by atoms with Crippen molar-refractivity contribution in [2.75, 3.05) is 5.75 Å². The van der Waals surface area contributed by atoms with E-state index in [1.54, 1.807) is 24.6 Å². The summed E-state index contributed by atoms with van der Waals surface area (Å²) in [6, 6.07) is 6.57. The summed E-state index contributed by atoms with van der Waals surface area (Å²) in [4.78, 5) is 16.5. The second kappa shape index (κ2) is 7.26. The van der Waals surface area contributed by atoms with Crippen LogP contribution in [0.15, 0.2) is 28.3 Å². The fourth-order valence-electron chi connectivity index (χ4n) is 2.22. The summed E-state index contributed by atoms with van der Waals surface area (Å²) in [7, 11) is -2.03. The molecule has 0 unspecified atom stereocenters. The molecule has 0 bridgehead atoms. The molecule has 0 spiro atoms. The molecule has 1 heterocycles. The van der Waals surface area contributed by atoms with Crippen LogP contribution in [-0.4, -0.2) is 35.2 Å². The number of hydrogen-bond acceptors (Lipinski definition) is 6. The minimum Gasteiger partial charge on any atom is -0.337 e. The Bertz CT molecular complexity index is 991. The lowest BCUT2D eigenvalue weighted by molar-refractivity contribution is -0.120. The van der Waals surface area contributed by atoms with Crippen molar-refractivity contribution in [3.8, 4) is 6.07 Å². The second-order valence-corrected chi connectivity index (χ2v) is 8.96. The Morgan fingerprint density at radius 3 is 2.69 bits per heavy atom. The van der Waals surface area contributed by atoms with Crippen LogP contribution in [0.3, 0.4) is 0 Å². The van der Waals surface area contributed by atoms with Gasteiger partial charge in [0.05, 0.1) is 27.8 Å². The maximum Gasteiger partial charge on any atom is 0.238 e. The zero-order chi connectivity index (χ0) is 19.7. The van der Waals surface area contributed by atoms with E-state index < -0.39 is 15.6 Å². The zero-order valence-electron chi connectivity index (χ0n) is 15.0. The standard InChI is InChI=1S/C16H21N5O3S2/c1-10(2)16(3,9-17)20-14(22)8-25-15-19-12-7-11(26(18,23)24)5-6-13(12)21(15)4/h5-7,10H,8H2,1-4H3,(H,20,22)(H2,18,23,24)/t16-/m1/s1. The molecule has 0 saturated heterocycles. The number of fused-ring (bicyclic) bond motifs is 1. The fourth-order valence-corrected chi connectivity index (χ4v) is 3.54. The number of hydrogen-bond donors (Lipinski definition) is 2. The Labute approximate surface area is 156 Å². The molecule has 2 rings (SSSR count). The van der Waals surface area contributed by atoms with E-state index in [1.807, 2.05) is 13.8 Å². The molecule has 1 atom stereocenters. The molecule has 1 aromatic heterocycles. The molecule has 2 aromatic rings. The van der Waals surface area contributed by atoms with Crippen LogP contribution in [0.4, 0.5) is 0 Å². The highest BCUT2D eigenvalue weighted by atomic mass is 32.2. The van der Waals surface area contributed by atoms with Gasteiger partial charge in [0.25, 0.3) is 0 Å². The molecular formula is C16H21N5O3S2. The van der Waals surface area contributed by atoms with Crippen LogP contribution in [0.1, 0.15) is 20.8 Å². The van der Waals surface area contributed by atoms with Crippen molar-refractivity contribution in [2.24, 2.45) is 18.1 Å². The lowest BCUT2D eigenvalue weighted by Gasteiger charge is -2.27. The average Bonchev–Trinajstić information content (AvgIpc) is 2.87. The lowest BCUT2D eigenvalue weighted by atomic mass is 9.90. The fraction of sp³-hybridized carbons (Fsp3) is 0.438. The summed E-state index contributed by atoms with van der Waals surface area (Å²) in [5, 5.41) is 17.7. The van der Waals surface area contributed by atoms with Gasteiger partial charge in [0.15, 0.2) is 5.16 Å². The average molecular weight is 396 g/mol. The van der Waals surface area contributed by atoms with Crippen molar-refractivity contribution in [1.82, 2.24) is 14.9 Å². The predicted molar refractivity (Wildman–Crippen MR) is 99.8 cm³/mol. The van der Waals surface area contributed by atoms with Gasteiger partial charge in [0, 0.05) is 7.05 Å². The third-order valence-corrected chi connectivity index (χ3v) is 6.20. The minimum absolute atomic E-state index is 0.0147. The summed E-state index contributed by atoms with van der Waals surface area (Å²) in [5.74, 6) is -0.220. The number of nitrogens with zero attached hydrogens (tertiary/aromatic N) is 3. The summed E-state index contributed by atoms with van der Waals surface area (Å²) < 4.78 is 24.7. The van der Waals surface area contributed by atoms with Gasteiger partial charge < -0.3 is 9.88 Å². The van der Waals surface area contributed by atoms with E-state index in [0.29, 0.717) is 10.7 Å². The molecule has 8 nitrogen and oxygen atoms in total. The number of aromatic nitrogens is 2. The van der Waals surface area contributed by atoms with Crippen LogP contribution in [0, 0.1) is 17.2 Å². The first-order valence-electron chi connectivity index (χ1n) is 7.82. The van der Waals surface area contributed by atoms with E-state index in [-0.39, 0.29) is 22.5 Å². The largest absolute Gasteiger partial charge is 0.337 e. The number of amides is 1. The molecule has 0 aliphatic carbocycles. The number of carbonyl (C=O) groups is 1. The van der Waals surface area contributed by atoms with Crippen molar-refractivity contribution in [3.05, 3.63) is 18.2 Å². The van der Waals surface area contributed by atoms with Gasteiger partial charge in [-0.05, 0) is 31.0 Å². The first-order chi connectivity index (χ1) is 12.0. The summed E-state index contributed by atoms with van der Waals surface area (Å²) in [6.07, 6.45) is 0. The number of imidazole rings is 1. The van der Waals surface area contributed by atoms with Crippen LogP contribution < -0.4 is 10.5 Å². The molecule has 1 aromatic carbocycles. The summed E-state index contributed by atoms with van der Waals surface area (Å²) in [5.41, 5.74) is 0.268. The molecule has 0 aliphatic heterocycles. The van der Waals surface area contributed by atoms with Gasteiger partial charge in [-0.15, -0.1) is 0 Å². The number of nitrogens with one attached hydrogen (secondary N) is 1. The van der Waals surface area contributed by atoms with Gasteiger partial charge in [-0.25, -0.2) is 18.5 Å². The van der Waals surface area contributed by atoms with Gasteiger partial charge in [-0.1, -0.05) is 25.6 Å². The van der Waals surface area contributed by atoms with E-state index in [1.165, 1.54) is 23.9 Å². The van der Waals surface area contributed by atoms with Crippen molar-refractivity contribution in [1.29, 1.82) is 5.26 Å². The maximum atomic E-state index is 12.2. The number of thioether (sulfide) groups is 1. The van der Waals surface area contributed by atoms with Gasteiger partial charge in [-0.3, -0.25) is 4.79 Å². The second-order valence-electron chi connectivity index (χ2n) is 6.45. The normalized spacial score (nSPS) is 14.2. The van der Waals surface area contributed by atoms with Crippen molar-refractivity contribution >= 4 is 38.7 Å². The molecule has 10 heteroatoms. The third-order valence-electron chi connectivity index (χ3n) is 4.26. The van der Waals surface area contributed by atoms with Crippen molar-refractivity contribution in [2.45, 2.75) is 36.4 Å². The number of sulfonamides is 1. The highest BCUT2D eigenvalue weighted by molar-refractivity contribution is 7.99. The number of nitrogens with two attached hydrogens (primary N) is 1. The van der Waals surface area contributed by atoms with E-state index in [2.05, 4.69) is 16.4 Å². The molecule has 26 heavy (non-hydrogen) atoms. The van der Waals surface area contributed by atoms with E-state index >= 15 is 0 Å². The number of primary sulfonamides is 1. The SMILES string of the molecule is CC(C)[C@@](C)(C#N)NC(=O)CSc1nc2cc(S(N)(=O)=O)ccc2n1C. The highest BCUT2D eigenvalue weighted by Gasteiger charge is 2.30. The van der Waals surface area contributed by atoms with E-state index in [9.17, 15) is 18.5 Å². The number of rotatable bonds is 6. The number of benzene rings is 1. The molecule has 0 fully saturated rings. The zero-order valence-corrected chi connectivity index (χ0v) is 16.6. The topological polar surface area (TPSA) is 131 Å². The molecule has 0 radical (unpaired) electrons. The molecular weight excluding hydrogens is 374 g/mol. The minimum atomic E-state index is -3.81. The monoisotopic (exact) mass is 395 g/mol. The maximum absolute atomic E-state index is 12.2. The van der Waals surface area contributed by atoms with Crippen molar-refractivity contribution in [3.63, 3.8) is 0 Å². The Morgan fingerprint density at radius 1 is 1.50 bits per heavy atom. The molecule has 1 amide bonds. The number of aryl methyl sites for hydroxylation is 1.